The van der Waals surface area contributed by atoms with E-state index in [4.69, 9.17) is 4.42 Å². The summed E-state index contributed by atoms with van der Waals surface area (Å²) in [4.78, 5) is 0. The minimum Gasteiger partial charge on any atom is -0.464 e. The van der Waals surface area contributed by atoms with Gasteiger partial charge in [0.25, 0.3) is 0 Å². The zero-order valence-corrected chi connectivity index (χ0v) is 11.0. The van der Waals surface area contributed by atoms with Crippen LogP contribution in [0.4, 0.5) is 0 Å². The van der Waals surface area contributed by atoms with Gasteiger partial charge >= 0.3 is 0 Å². The molecular formula is C17H17NO. The third kappa shape index (κ3) is 2.54. The number of hydrogen-bond acceptors (Lipinski definition) is 2. The summed E-state index contributed by atoms with van der Waals surface area (Å²) in [5.41, 5.74) is 4.83. The quantitative estimate of drug-likeness (QED) is 0.764. The molecule has 0 saturated carbocycles. The molecule has 2 nitrogen and oxygen atoms in total. The Bertz CT molecular complexity index is 670. The van der Waals surface area contributed by atoms with Gasteiger partial charge in [0.2, 0.25) is 0 Å². The fourth-order valence-corrected chi connectivity index (χ4v) is 2.40. The van der Waals surface area contributed by atoms with E-state index in [-0.39, 0.29) is 0 Å². The normalized spacial score (nSPS) is 11.0. The van der Waals surface area contributed by atoms with Crippen LogP contribution in [0.25, 0.3) is 11.0 Å². The molecule has 0 aliphatic heterocycles. The Morgan fingerprint density at radius 1 is 1.00 bits per heavy atom. The lowest BCUT2D eigenvalue weighted by Crippen LogP contribution is -2.04. The van der Waals surface area contributed by atoms with Gasteiger partial charge in [-0.15, -0.1) is 0 Å². The standard InChI is InChI=1S/C17H17NO/c1-18-11-15-12-19-17-8-7-14(10-16(15)17)9-13-5-3-2-4-6-13/h2-8,10,12,18H,9,11H2,1H3. The van der Waals surface area contributed by atoms with Crippen molar-refractivity contribution in [3.8, 4) is 0 Å². The van der Waals surface area contributed by atoms with Crippen molar-refractivity contribution >= 4 is 11.0 Å². The van der Waals surface area contributed by atoms with Crippen LogP contribution >= 0.6 is 0 Å². The van der Waals surface area contributed by atoms with Crippen molar-refractivity contribution in [3.05, 3.63) is 71.5 Å². The highest BCUT2D eigenvalue weighted by Gasteiger charge is 2.06. The van der Waals surface area contributed by atoms with Crippen LogP contribution in [0.1, 0.15) is 16.7 Å². The predicted molar refractivity (Wildman–Crippen MR) is 78.2 cm³/mol. The zero-order valence-electron chi connectivity index (χ0n) is 11.0. The van der Waals surface area contributed by atoms with Gasteiger partial charge in [-0.25, -0.2) is 0 Å². The number of fused-ring (bicyclic) bond motifs is 1. The molecule has 1 heterocycles. The lowest BCUT2D eigenvalue weighted by molar-refractivity contribution is 0.607. The van der Waals surface area contributed by atoms with E-state index in [0.29, 0.717) is 0 Å². The van der Waals surface area contributed by atoms with E-state index in [0.717, 1.165) is 18.5 Å². The van der Waals surface area contributed by atoms with Crippen molar-refractivity contribution in [3.63, 3.8) is 0 Å². The van der Waals surface area contributed by atoms with Crippen LogP contribution in [0.5, 0.6) is 0 Å². The second-order valence-electron chi connectivity index (χ2n) is 4.78. The Balaban J connectivity index is 1.94. The van der Waals surface area contributed by atoms with Crippen molar-refractivity contribution in [1.29, 1.82) is 0 Å². The third-order valence-corrected chi connectivity index (χ3v) is 3.34. The molecule has 0 fully saturated rings. The lowest BCUT2D eigenvalue weighted by Gasteiger charge is -2.03. The monoisotopic (exact) mass is 251 g/mol. The molecule has 3 aromatic rings. The Kier molecular flexibility index (Phi) is 3.34. The highest BCUT2D eigenvalue weighted by Crippen LogP contribution is 2.23. The Hall–Kier alpha value is -2.06. The average Bonchev–Trinajstić information content (AvgIpc) is 2.83. The molecule has 0 atom stereocenters. The first kappa shape index (κ1) is 12.0. The molecule has 1 aromatic heterocycles. The Labute approximate surface area is 113 Å². The van der Waals surface area contributed by atoms with Crippen LogP contribution in [0.15, 0.2) is 59.2 Å². The van der Waals surface area contributed by atoms with Gasteiger partial charge in [-0.2, -0.15) is 0 Å². The van der Waals surface area contributed by atoms with Crippen molar-refractivity contribution in [1.82, 2.24) is 5.32 Å². The van der Waals surface area contributed by atoms with Crippen LogP contribution in [-0.4, -0.2) is 7.05 Å². The number of rotatable bonds is 4. The minimum absolute atomic E-state index is 0.835. The molecular weight excluding hydrogens is 234 g/mol. The van der Waals surface area contributed by atoms with Gasteiger partial charge in [0.1, 0.15) is 5.58 Å². The predicted octanol–water partition coefficient (Wildman–Crippen LogP) is 3.74. The first-order valence-corrected chi connectivity index (χ1v) is 6.54. The molecule has 0 amide bonds. The number of benzene rings is 2. The first-order chi connectivity index (χ1) is 9.36. The molecule has 3 rings (SSSR count). The SMILES string of the molecule is CNCc1coc2ccc(Cc3ccccc3)cc12. The molecule has 2 aromatic carbocycles. The van der Waals surface area contributed by atoms with Gasteiger partial charge in [-0.1, -0.05) is 36.4 Å². The molecule has 0 spiro atoms. The Morgan fingerprint density at radius 2 is 1.84 bits per heavy atom. The van der Waals surface area contributed by atoms with Gasteiger partial charge in [0.15, 0.2) is 0 Å². The van der Waals surface area contributed by atoms with E-state index >= 15 is 0 Å². The van der Waals surface area contributed by atoms with E-state index in [9.17, 15) is 0 Å². The third-order valence-electron chi connectivity index (χ3n) is 3.34. The van der Waals surface area contributed by atoms with E-state index < -0.39 is 0 Å². The summed E-state index contributed by atoms with van der Waals surface area (Å²) < 4.78 is 5.57. The van der Waals surface area contributed by atoms with Crippen molar-refractivity contribution in [2.75, 3.05) is 7.05 Å². The number of hydrogen-bond donors (Lipinski definition) is 1. The topological polar surface area (TPSA) is 25.2 Å². The molecule has 0 aliphatic rings. The summed E-state index contributed by atoms with van der Waals surface area (Å²) in [5.74, 6) is 0. The summed E-state index contributed by atoms with van der Waals surface area (Å²) in [6.07, 6.45) is 2.80. The molecule has 0 saturated heterocycles. The fraction of sp³-hybridized carbons (Fsp3) is 0.176. The summed E-state index contributed by atoms with van der Waals surface area (Å²) in [5, 5.41) is 4.38. The highest BCUT2D eigenvalue weighted by atomic mass is 16.3. The van der Waals surface area contributed by atoms with E-state index in [1.54, 1.807) is 0 Å². The molecule has 0 unspecified atom stereocenters. The number of furan rings is 1. The molecule has 19 heavy (non-hydrogen) atoms. The first-order valence-electron chi connectivity index (χ1n) is 6.54. The number of nitrogens with one attached hydrogen (secondary N) is 1. The van der Waals surface area contributed by atoms with Gasteiger partial charge in [0.05, 0.1) is 6.26 Å². The van der Waals surface area contributed by atoms with Crippen LogP contribution < -0.4 is 5.32 Å². The average molecular weight is 251 g/mol. The minimum atomic E-state index is 0.835. The second kappa shape index (κ2) is 5.29. The van der Waals surface area contributed by atoms with Gasteiger partial charge in [0, 0.05) is 17.5 Å². The summed E-state index contributed by atoms with van der Waals surface area (Å²) >= 11 is 0. The van der Waals surface area contributed by atoms with Gasteiger partial charge in [-0.3, -0.25) is 0 Å². The van der Waals surface area contributed by atoms with E-state index in [1.807, 2.05) is 19.4 Å². The maximum absolute atomic E-state index is 5.57. The van der Waals surface area contributed by atoms with Crippen LogP contribution in [0.2, 0.25) is 0 Å². The summed E-state index contributed by atoms with van der Waals surface area (Å²) in [6, 6.07) is 17.0. The van der Waals surface area contributed by atoms with E-state index in [1.165, 1.54) is 22.1 Å². The largest absolute Gasteiger partial charge is 0.464 e. The maximum Gasteiger partial charge on any atom is 0.134 e. The molecule has 0 bridgehead atoms. The van der Waals surface area contributed by atoms with Crippen LogP contribution in [0.3, 0.4) is 0 Å². The molecule has 1 N–H and O–H groups in total. The van der Waals surface area contributed by atoms with Crippen LogP contribution in [0, 0.1) is 0 Å². The van der Waals surface area contributed by atoms with Crippen LogP contribution in [-0.2, 0) is 13.0 Å². The summed E-state index contributed by atoms with van der Waals surface area (Å²) in [7, 11) is 1.95. The van der Waals surface area contributed by atoms with Gasteiger partial charge in [-0.05, 0) is 36.7 Å². The molecule has 96 valence electrons. The van der Waals surface area contributed by atoms with Gasteiger partial charge < -0.3 is 9.73 Å². The smallest absolute Gasteiger partial charge is 0.134 e. The van der Waals surface area contributed by atoms with Crippen molar-refractivity contribution < 1.29 is 4.42 Å². The fourth-order valence-electron chi connectivity index (χ4n) is 2.40. The second-order valence-corrected chi connectivity index (χ2v) is 4.78. The maximum atomic E-state index is 5.57. The van der Waals surface area contributed by atoms with Crippen molar-refractivity contribution in [2.45, 2.75) is 13.0 Å². The zero-order chi connectivity index (χ0) is 13.1. The highest BCUT2D eigenvalue weighted by molar-refractivity contribution is 5.81. The molecule has 2 heteroatoms. The molecule has 0 aliphatic carbocycles. The molecule has 0 radical (unpaired) electrons. The Morgan fingerprint density at radius 3 is 2.63 bits per heavy atom. The van der Waals surface area contributed by atoms with E-state index in [2.05, 4.69) is 47.8 Å². The lowest BCUT2D eigenvalue weighted by atomic mass is 10.0. The van der Waals surface area contributed by atoms with Crippen molar-refractivity contribution in [2.24, 2.45) is 0 Å². The summed E-state index contributed by atoms with van der Waals surface area (Å²) in [6.45, 7) is 0.835.